The van der Waals surface area contributed by atoms with Crippen molar-refractivity contribution in [3.05, 3.63) is 213 Å². The highest BCUT2D eigenvalue weighted by Crippen LogP contribution is 2.48. The van der Waals surface area contributed by atoms with Gasteiger partial charge in [-0.25, -0.2) is 9.59 Å². The first kappa shape index (κ1) is 59.8. The Morgan fingerprint density at radius 3 is 1.58 bits per heavy atom. The van der Waals surface area contributed by atoms with Crippen LogP contribution in [0.25, 0.3) is 0 Å². The summed E-state index contributed by atoms with van der Waals surface area (Å²) in [5, 5.41) is 14.9. The molecule has 5 aromatic carbocycles. The van der Waals surface area contributed by atoms with E-state index in [0.717, 1.165) is 16.7 Å². The number of rotatable bonds is 26. The van der Waals surface area contributed by atoms with Gasteiger partial charge in [-0.15, -0.1) is 0 Å². The Kier molecular flexibility index (Phi) is 20.3. The van der Waals surface area contributed by atoms with Crippen LogP contribution in [0.5, 0.6) is 11.5 Å². The van der Waals surface area contributed by atoms with Gasteiger partial charge in [0.25, 0.3) is 11.8 Å². The van der Waals surface area contributed by atoms with Gasteiger partial charge in [-0.05, 0) is 84.3 Å². The smallest absolute Gasteiger partial charge is 0.351 e. The third kappa shape index (κ3) is 14.9. The van der Waals surface area contributed by atoms with Crippen LogP contribution in [0.3, 0.4) is 0 Å². The quantitative estimate of drug-likeness (QED) is 0.0223. The summed E-state index contributed by atoms with van der Waals surface area (Å²) in [7, 11) is 0.698. The van der Waals surface area contributed by atoms with Crippen molar-refractivity contribution in [3.8, 4) is 17.6 Å². The molecule has 0 spiro atoms. The van der Waals surface area contributed by atoms with Crippen LogP contribution in [0.15, 0.2) is 174 Å². The van der Waals surface area contributed by atoms with E-state index < -0.39 is 80.2 Å². The molecule has 2 saturated heterocycles. The predicted octanol–water partition coefficient (Wildman–Crippen LogP) is 8.45. The first-order valence-corrected chi connectivity index (χ1v) is 27.9. The number of anilines is 2. The van der Waals surface area contributed by atoms with Gasteiger partial charge in [0.05, 0.1) is 59.1 Å². The molecule has 2 aromatic heterocycles. The second kappa shape index (κ2) is 28.5. The van der Waals surface area contributed by atoms with Gasteiger partial charge in [0.2, 0.25) is 0 Å². The van der Waals surface area contributed by atoms with Crippen LogP contribution < -0.4 is 31.5 Å². The molecule has 2 amide bonds. The average Bonchev–Trinajstić information content (AvgIpc) is 3.20. The number of nitriles is 1. The molecule has 2 fully saturated rings. The lowest BCUT2D eigenvalue weighted by molar-refractivity contribution is -0.153. The van der Waals surface area contributed by atoms with Crippen molar-refractivity contribution < 1.29 is 61.2 Å². The van der Waals surface area contributed by atoms with Crippen molar-refractivity contribution in [2.45, 2.75) is 81.5 Å². The van der Waals surface area contributed by atoms with Gasteiger partial charge in [-0.3, -0.25) is 23.5 Å². The number of methoxy groups -OCH3 is 2. The monoisotopic (exact) mass is 1160 g/mol. The van der Waals surface area contributed by atoms with E-state index in [2.05, 4.69) is 26.7 Å². The Morgan fingerprint density at radius 2 is 1.11 bits per heavy atom. The summed E-state index contributed by atoms with van der Waals surface area (Å²) in [6.45, 7) is 0.675. The average molecular weight is 1160 g/mol. The van der Waals surface area contributed by atoms with E-state index >= 15 is 0 Å². The van der Waals surface area contributed by atoms with Crippen LogP contribution in [0.2, 0.25) is 0 Å². The van der Waals surface area contributed by atoms with Gasteiger partial charge in [0.15, 0.2) is 0 Å². The van der Waals surface area contributed by atoms with Gasteiger partial charge in [0, 0.05) is 42.8 Å². The highest BCUT2D eigenvalue weighted by Gasteiger charge is 2.46. The topological polar surface area (TPSA) is 269 Å². The van der Waals surface area contributed by atoms with Crippen LogP contribution in [0.4, 0.5) is 11.6 Å². The Labute approximate surface area is 484 Å². The number of esters is 1. The predicted molar refractivity (Wildman–Crippen MR) is 305 cm³/mol. The molecule has 4 heterocycles. The SMILES string of the molecule is COc1ccc(C(OC[C@H]2O[C@@H](n3ccc(NC(=O)c4ccccc4)nc3=O)C[C@@H]2OP(OCCC#N)OC[C@H]2O[C@@H](n3ccc(NC(=O)c4ccccc4)nc3=O)C[C@@H]2OC(=O)CCC(C)=O)(c2ccccc2)c2ccc(OC)cc2)cc1. The van der Waals surface area contributed by atoms with Gasteiger partial charge < -0.3 is 57.4 Å². The van der Waals surface area contributed by atoms with Gasteiger partial charge >= 0.3 is 26.0 Å². The maximum atomic E-state index is 14.0. The van der Waals surface area contributed by atoms with Crippen LogP contribution in [0.1, 0.15) is 88.9 Å². The second-order valence-corrected chi connectivity index (χ2v) is 20.5. The minimum atomic E-state index is -2.45. The van der Waals surface area contributed by atoms with E-state index in [1.54, 1.807) is 74.9 Å². The van der Waals surface area contributed by atoms with Crippen molar-refractivity contribution in [2.24, 2.45) is 0 Å². The van der Waals surface area contributed by atoms with Crippen molar-refractivity contribution in [2.75, 3.05) is 44.7 Å². The number of amides is 2. The molecule has 23 heteroatoms. The normalized spacial score (nSPS) is 18.7. The number of carbonyl (C=O) groups excluding carboxylic acids is 4. The van der Waals surface area contributed by atoms with Gasteiger partial charge in [-0.2, -0.15) is 15.2 Å². The molecule has 2 aliphatic heterocycles. The first-order chi connectivity index (χ1) is 40.8. The summed E-state index contributed by atoms with van der Waals surface area (Å²) in [5.41, 5.74) is 0.0666. The summed E-state index contributed by atoms with van der Waals surface area (Å²) < 4.78 is 59.2. The maximum Gasteiger partial charge on any atom is 0.351 e. The molecule has 7 atom stereocenters. The van der Waals surface area contributed by atoms with Crippen LogP contribution in [-0.2, 0) is 47.7 Å². The van der Waals surface area contributed by atoms with E-state index in [4.69, 9.17) is 42.0 Å². The van der Waals surface area contributed by atoms with Crippen molar-refractivity contribution in [1.29, 1.82) is 5.26 Å². The zero-order chi connectivity index (χ0) is 59.0. The molecular formula is C61H60N7O15P. The number of ether oxygens (including phenoxy) is 6. The summed E-state index contributed by atoms with van der Waals surface area (Å²) >= 11 is 0. The van der Waals surface area contributed by atoms with Crippen LogP contribution in [-0.4, -0.2) is 101 Å². The molecule has 0 saturated carbocycles. The molecule has 22 nitrogen and oxygen atoms in total. The second-order valence-electron chi connectivity index (χ2n) is 19.3. The zero-order valence-corrected chi connectivity index (χ0v) is 46.9. The van der Waals surface area contributed by atoms with E-state index in [1.165, 1.54) is 40.6 Å². The maximum absolute atomic E-state index is 14.0. The number of nitrogens with zero attached hydrogens (tertiary/aromatic N) is 5. The fourth-order valence-corrected chi connectivity index (χ4v) is 10.7. The molecule has 0 aliphatic carbocycles. The van der Waals surface area contributed by atoms with E-state index in [0.29, 0.717) is 22.6 Å². The van der Waals surface area contributed by atoms with E-state index in [-0.39, 0.29) is 69.3 Å². The number of carbonyl (C=O) groups is 4. The molecule has 2 aliphatic rings. The largest absolute Gasteiger partial charge is 0.497 e. The fourth-order valence-electron chi connectivity index (χ4n) is 9.53. The Bertz CT molecular complexity index is 3490. The molecule has 0 bridgehead atoms. The number of hydrogen-bond donors (Lipinski definition) is 2. The molecule has 7 aromatic rings. The Morgan fingerprint density at radius 1 is 0.631 bits per heavy atom. The summed E-state index contributed by atoms with van der Waals surface area (Å²) in [6, 6.07) is 46.3. The lowest BCUT2D eigenvalue weighted by Gasteiger charge is -2.37. The zero-order valence-electron chi connectivity index (χ0n) is 46.0. The lowest BCUT2D eigenvalue weighted by Crippen LogP contribution is -2.38. The fraction of sp³-hybridized carbons (Fsp3) is 0.295. The molecule has 84 heavy (non-hydrogen) atoms. The summed E-state index contributed by atoms with van der Waals surface area (Å²) in [4.78, 5) is 86.8. The number of benzene rings is 5. The standard InChI is InChI=1S/C61H60N7O15P/c1-40(69)20-29-56(70)82-48-36-54(67-33-30-52(65-59(67)73)63-57(71)41-14-7-4-8-15-41)81-51(48)39-79-84(78-35-13-32-62)83-49-37-55(68-34-31-53(66-60(68)74)64-58(72)42-16-9-5-10-17-42)80-50(49)38-77-61(43-18-11-6-12-19-43,44-21-25-46(75-2)26-22-44)45-23-27-47(76-3)28-24-45/h4-12,14-19,21-28,30-31,33-34,48-51,54-55H,13,20,29,35-39H2,1-3H3,(H,63,65,71,73)(H,64,66,72,74)/t48-,49-,50+,51+,54+,55+,84?/m0/s1. The molecule has 2 N–H and O–H groups in total. The van der Waals surface area contributed by atoms with Crippen molar-refractivity contribution in [1.82, 2.24) is 19.1 Å². The number of nitrogens with one attached hydrogen (secondary N) is 2. The van der Waals surface area contributed by atoms with Crippen LogP contribution in [0, 0.1) is 11.3 Å². The summed E-state index contributed by atoms with van der Waals surface area (Å²) in [6.07, 6.45) is -3.70. The highest BCUT2D eigenvalue weighted by molar-refractivity contribution is 7.41. The minimum Gasteiger partial charge on any atom is -0.497 e. The van der Waals surface area contributed by atoms with E-state index in [1.807, 2.05) is 78.9 Å². The number of Topliss-reactive ketones (excluding diaryl/α,β-unsaturated/α-hetero) is 1. The van der Waals surface area contributed by atoms with Crippen molar-refractivity contribution in [3.63, 3.8) is 0 Å². The molecule has 0 radical (unpaired) electrons. The highest BCUT2D eigenvalue weighted by atomic mass is 31.2. The summed E-state index contributed by atoms with van der Waals surface area (Å²) in [5.74, 6) is -0.630. The third-order valence-corrected chi connectivity index (χ3v) is 15.0. The van der Waals surface area contributed by atoms with Gasteiger partial charge in [-0.1, -0.05) is 91.0 Å². The number of aromatic nitrogens is 4. The molecular weight excluding hydrogens is 1100 g/mol. The van der Waals surface area contributed by atoms with Crippen molar-refractivity contribution >= 4 is 43.8 Å². The first-order valence-electron chi connectivity index (χ1n) is 26.8. The lowest BCUT2D eigenvalue weighted by atomic mass is 9.80. The molecule has 434 valence electrons. The Balaban J connectivity index is 1.02. The van der Waals surface area contributed by atoms with Gasteiger partial charge in [0.1, 0.15) is 65.3 Å². The molecule has 1 unspecified atom stereocenters. The van der Waals surface area contributed by atoms with E-state index in [9.17, 15) is 34.0 Å². The number of ketones is 1. The Hall–Kier alpha value is -8.78. The number of hydrogen-bond acceptors (Lipinski definition) is 18. The third-order valence-electron chi connectivity index (χ3n) is 13.8. The minimum absolute atomic E-state index is 0.00531. The molecule has 9 rings (SSSR count). The van der Waals surface area contributed by atoms with Crippen LogP contribution >= 0.6 is 8.60 Å².